The maximum atomic E-state index is 11.0. The normalized spacial score (nSPS) is 10.7. The van der Waals surface area contributed by atoms with Gasteiger partial charge in [-0.3, -0.25) is 4.98 Å². The summed E-state index contributed by atoms with van der Waals surface area (Å²) in [5.41, 5.74) is 3.43. The van der Waals surface area contributed by atoms with Gasteiger partial charge in [-0.05, 0) is 11.6 Å². The summed E-state index contributed by atoms with van der Waals surface area (Å²) in [6, 6.07) is 11.7. The first kappa shape index (κ1) is 10.5. The number of aromatic amines is 1. The van der Waals surface area contributed by atoms with Crippen LogP contribution in [0.1, 0.15) is 10.4 Å². The van der Waals surface area contributed by atoms with E-state index in [1.54, 1.807) is 6.20 Å². The first-order chi connectivity index (χ1) is 8.75. The predicted molar refractivity (Wildman–Crippen MR) is 68.5 cm³/mol. The number of hydrogen-bond acceptors (Lipinski definition) is 2. The van der Waals surface area contributed by atoms with Gasteiger partial charge in [0.2, 0.25) is 0 Å². The molecule has 0 spiro atoms. The van der Waals surface area contributed by atoms with Gasteiger partial charge in [0.15, 0.2) is 0 Å². The molecule has 4 heteroatoms. The Morgan fingerprint density at radius 1 is 1.17 bits per heavy atom. The molecule has 4 nitrogen and oxygen atoms in total. The molecule has 0 saturated carbocycles. The number of hydrogen-bond donors (Lipinski definition) is 2. The second-order valence-electron chi connectivity index (χ2n) is 3.99. The zero-order valence-corrected chi connectivity index (χ0v) is 9.42. The molecule has 0 saturated heterocycles. The Bertz CT molecular complexity index is 717. The van der Waals surface area contributed by atoms with Gasteiger partial charge in [0.25, 0.3) is 0 Å². The third-order valence-corrected chi connectivity index (χ3v) is 2.85. The van der Waals surface area contributed by atoms with Crippen LogP contribution in [0.15, 0.2) is 48.8 Å². The van der Waals surface area contributed by atoms with Crippen molar-refractivity contribution < 1.29 is 9.90 Å². The van der Waals surface area contributed by atoms with E-state index < -0.39 is 5.97 Å². The second kappa shape index (κ2) is 4.00. The van der Waals surface area contributed by atoms with Crippen molar-refractivity contribution in [3.8, 4) is 11.1 Å². The van der Waals surface area contributed by atoms with Crippen molar-refractivity contribution in [2.75, 3.05) is 0 Å². The molecule has 88 valence electrons. The summed E-state index contributed by atoms with van der Waals surface area (Å²) in [7, 11) is 0. The zero-order valence-electron chi connectivity index (χ0n) is 9.42. The Labute approximate surface area is 103 Å². The van der Waals surface area contributed by atoms with Crippen LogP contribution in [0.4, 0.5) is 0 Å². The van der Waals surface area contributed by atoms with E-state index in [0.29, 0.717) is 5.52 Å². The van der Waals surface area contributed by atoms with Gasteiger partial charge in [-0.15, -0.1) is 0 Å². The fourth-order valence-corrected chi connectivity index (χ4v) is 1.96. The number of nitrogens with one attached hydrogen (secondary N) is 1. The molecule has 0 fully saturated rings. The van der Waals surface area contributed by atoms with Gasteiger partial charge in [-0.1, -0.05) is 30.3 Å². The van der Waals surface area contributed by atoms with E-state index in [9.17, 15) is 4.79 Å². The fourth-order valence-electron chi connectivity index (χ4n) is 1.96. The smallest absolute Gasteiger partial charge is 0.339 e. The van der Waals surface area contributed by atoms with Crippen molar-refractivity contribution in [1.29, 1.82) is 0 Å². The van der Waals surface area contributed by atoms with Gasteiger partial charge < -0.3 is 10.1 Å². The van der Waals surface area contributed by atoms with E-state index in [-0.39, 0.29) is 5.56 Å². The molecule has 0 bridgehead atoms. The van der Waals surface area contributed by atoms with E-state index >= 15 is 0 Å². The lowest BCUT2D eigenvalue weighted by molar-refractivity contribution is 0.0699. The topological polar surface area (TPSA) is 66.0 Å². The van der Waals surface area contributed by atoms with Crippen molar-refractivity contribution in [3.05, 3.63) is 54.4 Å². The lowest BCUT2D eigenvalue weighted by Crippen LogP contribution is -1.94. The summed E-state index contributed by atoms with van der Waals surface area (Å²) in [5, 5.41) is 9.00. The van der Waals surface area contributed by atoms with Crippen molar-refractivity contribution in [2.24, 2.45) is 0 Å². The van der Waals surface area contributed by atoms with Gasteiger partial charge in [0.1, 0.15) is 11.1 Å². The molecule has 0 unspecified atom stereocenters. The van der Waals surface area contributed by atoms with E-state index in [2.05, 4.69) is 9.97 Å². The number of aromatic carboxylic acids is 1. The van der Waals surface area contributed by atoms with Crippen molar-refractivity contribution in [2.45, 2.75) is 0 Å². The summed E-state index contributed by atoms with van der Waals surface area (Å²) in [4.78, 5) is 18.1. The van der Waals surface area contributed by atoms with E-state index in [4.69, 9.17) is 5.11 Å². The van der Waals surface area contributed by atoms with Crippen LogP contribution in [-0.2, 0) is 0 Å². The number of carboxylic acids is 1. The van der Waals surface area contributed by atoms with Crippen LogP contribution in [-0.4, -0.2) is 21.0 Å². The minimum atomic E-state index is -0.971. The maximum absolute atomic E-state index is 11.0. The van der Waals surface area contributed by atoms with Crippen molar-refractivity contribution >= 4 is 17.0 Å². The third kappa shape index (κ3) is 1.64. The third-order valence-electron chi connectivity index (χ3n) is 2.85. The standard InChI is InChI=1S/C14H10N2O2/c17-14(18)11-8-15-12-6-10(7-16-13(11)12)9-4-2-1-3-5-9/h1-8,15H,(H,17,18). The first-order valence-corrected chi connectivity index (χ1v) is 5.51. The van der Waals surface area contributed by atoms with Crippen LogP contribution in [0.2, 0.25) is 0 Å². The molecule has 2 aromatic heterocycles. The van der Waals surface area contributed by atoms with Gasteiger partial charge in [-0.2, -0.15) is 0 Å². The van der Waals surface area contributed by atoms with Crippen LogP contribution in [0.5, 0.6) is 0 Å². The monoisotopic (exact) mass is 238 g/mol. The number of benzene rings is 1. The van der Waals surface area contributed by atoms with Crippen LogP contribution < -0.4 is 0 Å². The molecule has 3 rings (SSSR count). The number of carboxylic acid groups (broad SMARTS) is 1. The summed E-state index contributed by atoms with van der Waals surface area (Å²) >= 11 is 0. The highest BCUT2D eigenvalue weighted by Crippen LogP contribution is 2.23. The molecule has 3 aromatic rings. The number of aromatic nitrogens is 2. The molecular formula is C14H10N2O2. The van der Waals surface area contributed by atoms with E-state index in [1.807, 2.05) is 36.4 Å². The van der Waals surface area contributed by atoms with Gasteiger partial charge >= 0.3 is 5.97 Å². The van der Waals surface area contributed by atoms with Crippen molar-refractivity contribution in [1.82, 2.24) is 9.97 Å². The Morgan fingerprint density at radius 2 is 1.94 bits per heavy atom. The molecule has 0 aliphatic heterocycles. The Morgan fingerprint density at radius 3 is 2.67 bits per heavy atom. The largest absolute Gasteiger partial charge is 0.478 e. The SMILES string of the molecule is O=C(O)c1c[nH]c2cc(-c3ccccc3)cnc12. The van der Waals surface area contributed by atoms with E-state index in [0.717, 1.165) is 16.6 Å². The van der Waals surface area contributed by atoms with Crippen LogP contribution >= 0.6 is 0 Å². The zero-order chi connectivity index (χ0) is 12.5. The average molecular weight is 238 g/mol. The van der Waals surface area contributed by atoms with Crippen molar-refractivity contribution in [3.63, 3.8) is 0 Å². The Hall–Kier alpha value is -2.62. The van der Waals surface area contributed by atoms with Gasteiger partial charge in [0, 0.05) is 18.0 Å². The number of pyridine rings is 1. The quantitative estimate of drug-likeness (QED) is 0.721. The molecular weight excluding hydrogens is 228 g/mol. The van der Waals surface area contributed by atoms with Gasteiger partial charge in [-0.25, -0.2) is 4.79 Å². The highest BCUT2D eigenvalue weighted by molar-refractivity contribution is 6.01. The average Bonchev–Trinajstić information content (AvgIpc) is 2.82. The molecule has 1 aromatic carbocycles. The molecule has 0 radical (unpaired) electrons. The summed E-state index contributed by atoms with van der Waals surface area (Å²) in [5.74, 6) is -0.971. The molecule has 0 atom stereocenters. The second-order valence-corrected chi connectivity index (χ2v) is 3.99. The number of rotatable bonds is 2. The number of fused-ring (bicyclic) bond motifs is 1. The lowest BCUT2D eigenvalue weighted by atomic mass is 10.1. The highest BCUT2D eigenvalue weighted by atomic mass is 16.4. The fraction of sp³-hybridized carbons (Fsp3) is 0. The van der Waals surface area contributed by atoms with E-state index in [1.165, 1.54) is 6.20 Å². The summed E-state index contributed by atoms with van der Waals surface area (Å²) in [6.07, 6.45) is 3.16. The maximum Gasteiger partial charge on any atom is 0.339 e. The number of carbonyl (C=O) groups is 1. The van der Waals surface area contributed by atoms with Crippen LogP contribution in [0.25, 0.3) is 22.2 Å². The Kier molecular flexibility index (Phi) is 2.34. The first-order valence-electron chi connectivity index (χ1n) is 5.51. The lowest BCUT2D eigenvalue weighted by Gasteiger charge is -2.00. The van der Waals surface area contributed by atoms with Gasteiger partial charge in [0.05, 0.1) is 5.52 Å². The number of H-pyrrole nitrogens is 1. The van der Waals surface area contributed by atoms with Crippen LogP contribution in [0.3, 0.4) is 0 Å². The highest BCUT2D eigenvalue weighted by Gasteiger charge is 2.12. The predicted octanol–water partition coefficient (Wildman–Crippen LogP) is 2.93. The number of nitrogens with zero attached hydrogens (tertiary/aromatic N) is 1. The summed E-state index contributed by atoms with van der Waals surface area (Å²) in [6.45, 7) is 0. The summed E-state index contributed by atoms with van der Waals surface area (Å²) < 4.78 is 0. The molecule has 18 heavy (non-hydrogen) atoms. The van der Waals surface area contributed by atoms with Crippen LogP contribution in [0, 0.1) is 0 Å². The minimum Gasteiger partial charge on any atom is -0.478 e. The Balaban J connectivity index is 2.16. The molecule has 0 aliphatic rings. The molecule has 0 amide bonds. The minimum absolute atomic E-state index is 0.199. The molecule has 0 aliphatic carbocycles. The molecule has 2 heterocycles. The molecule has 2 N–H and O–H groups in total.